The Hall–Kier alpha value is -1.19. The highest BCUT2D eigenvalue weighted by Crippen LogP contribution is 2.26. The van der Waals surface area contributed by atoms with Gasteiger partial charge in [0.15, 0.2) is 5.96 Å². The molecule has 0 saturated heterocycles. The monoisotopic (exact) mass is 398 g/mol. The lowest BCUT2D eigenvalue weighted by molar-refractivity contribution is -0.00392. The van der Waals surface area contributed by atoms with Crippen molar-refractivity contribution in [3.05, 3.63) is 23.9 Å². The van der Waals surface area contributed by atoms with E-state index in [4.69, 9.17) is 4.74 Å². The molecule has 112 valence electrons. The number of rotatable bonds is 4. The number of methoxy groups -OCH3 is 1. The molecule has 2 rings (SSSR count). The number of nitrogens with one attached hydrogen (secondary N) is 2. The summed E-state index contributed by atoms with van der Waals surface area (Å²) in [4.78, 5) is 7.83. The van der Waals surface area contributed by atoms with Gasteiger partial charge in [-0.3, -0.25) is 4.99 Å². The minimum atomic E-state index is -3.09. The smallest absolute Gasteiger partial charge is 0.306 e. The number of aromatic nitrogens is 1. The van der Waals surface area contributed by atoms with Crippen LogP contribution in [-0.4, -0.2) is 37.7 Å². The average Bonchev–Trinajstić information content (AvgIpc) is 2.46. The maximum atomic E-state index is 14.0. The molecule has 0 spiro atoms. The molecule has 0 aromatic carbocycles. The highest BCUT2D eigenvalue weighted by molar-refractivity contribution is 14.0. The van der Waals surface area contributed by atoms with E-state index in [0.29, 0.717) is 12.5 Å². The highest BCUT2D eigenvalue weighted by atomic mass is 127. The third-order valence-corrected chi connectivity index (χ3v) is 2.68. The molecule has 2 N–H and O–H groups in total. The van der Waals surface area contributed by atoms with Crippen molar-refractivity contribution in [3.8, 4) is 5.88 Å². The van der Waals surface area contributed by atoms with E-state index in [1.54, 1.807) is 0 Å². The molecule has 2 heterocycles. The van der Waals surface area contributed by atoms with Crippen molar-refractivity contribution in [2.75, 3.05) is 26.7 Å². The molecule has 0 saturated carbocycles. The van der Waals surface area contributed by atoms with E-state index >= 15 is 0 Å². The van der Waals surface area contributed by atoms with Crippen LogP contribution in [0, 0.1) is 0 Å². The van der Waals surface area contributed by atoms with Gasteiger partial charge in [-0.1, -0.05) is 6.07 Å². The second kappa shape index (κ2) is 7.55. The predicted octanol–water partition coefficient (Wildman–Crippen LogP) is 1.74. The van der Waals surface area contributed by atoms with E-state index in [2.05, 4.69) is 20.6 Å². The summed E-state index contributed by atoms with van der Waals surface area (Å²) < 4.78 is 32.8. The summed E-state index contributed by atoms with van der Waals surface area (Å²) in [5, 5.41) is 5.53. The molecule has 0 radical (unpaired) electrons. The maximum Gasteiger partial charge on any atom is 0.306 e. The van der Waals surface area contributed by atoms with Crippen molar-refractivity contribution in [3.63, 3.8) is 0 Å². The van der Waals surface area contributed by atoms with Crippen LogP contribution in [0.15, 0.2) is 23.2 Å². The van der Waals surface area contributed by atoms with Crippen LogP contribution >= 0.6 is 24.0 Å². The van der Waals surface area contributed by atoms with Crippen molar-refractivity contribution in [2.24, 2.45) is 4.99 Å². The molecule has 5 nitrogen and oxygen atoms in total. The summed E-state index contributed by atoms with van der Waals surface area (Å²) in [6, 6.07) is 4.30. The molecule has 0 bridgehead atoms. The van der Waals surface area contributed by atoms with E-state index in [0.717, 1.165) is 13.0 Å². The van der Waals surface area contributed by atoms with Gasteiger partial charge in [-0.25, -0.2) is 4.98 Å². The van der Waals surface area contributed by atoms with Gasteiger partial charge >= 0.3 is 5.92 Å². The van der Waals surface area contributed by atoms with Crippen LogP contribution in [0.1, 0.15) is 12.1 Å². The number of pyridine rings is 1. The Morgan fingerprint density at radius 1 is 1.45 bits per heavy atom. The average molecular weight is 398 g/mol. The van der Waals surface area contributed by atoms with Crippen molar-refractivity contribution in [1.82, 2.24) is 15.6 Å². The van der Waals surface area contributed by atoms with Gasteiger partial charge in [0, 0.05) is 19.2 Å². The summed E-state index contributed by atoms with van der Waals surface area (Å²) in [5.41, 5.74) is -0.323. The number of hydrogen-bond donors (Lipinski definition) is 2. The molecule has 0 atom stereocenters. The Kier molecular flexibility index (Phi) is 6.37. The van der Waals surface area contributed by atoms with Gasteiger partial charge in [0.25, 0.3) is 0 Å². The summed E-state index contributed by atoms with van der Waals surface area (Å²) in [7, 11) is 1.39. The highest BCUT2D eigenvalue weighted by Gasteiger charge is 2.33. The Morgan fingerprint density at radius 2 is 2.25 bits per heavy atom. The molecule has 0 amide bonds. The molecular weight excluding hydrogens is 381 g/mol. The number of guanidine groups is 1. The van der Waals surface area contributed by atoms with Gasteiger partial charge in [-0.15, -0.1) is 24.0 Å². The molecule has 1 aliphatic rings. The first-order valence-corrected chi connectivity index (χ1v) is 6.03. The standard InChI is InChI=1S/C12H16F2N4O.HI/c1-19-10-5-2-4-9(18-10)12(13,14)8-17-11-15-6-3-7-16-11;/h2,4-5H,3,6-8H2,1H3,(H2,15,16,17);1H. The molecule has 0 aliphatic carbocycles. The quantitative estimate of drug-likeness (QED) is 0.759. The number of aliphatic imine (C=N–C) groups is 1. The number of alkyl halides is 2. The Bertz CT molecular complexity index is 471. The normalized spacial score (nSPS) is 14.7. The summed E-state index contributed by atoms with van der Waals surface area (Å²) in [5.74, 6) is -2.50. The van der Waals surface area contributed by atoms with Gasteiger partial charge in [-0.2, -0.15) is 8.78 Å². The second-order valence-corrected chi connectivity index (χ2v) is 4.13. The lowest BCUT2D eigenvalue weighted by Crippen LogP contribution is -2.45. The predicted molar refractivity (Wildman–Crippen MR) is 83.0 cm³/mol. The van der Waals surface area contributed by atoms with Crippen molar-refractivity contribution >= 4 is 29.9 Å². The van der Waals surface area contributed by atoms with Crippen molar-refractivity contribution < 1.29 is 13.5 Å². The SMILES string of the molecule is COc1cccc(C(F)(F)CNC2=NCCCN2)n1.I. The van der Waals surface area contributed by atoms with Crippen LogP contribution in [0.4, 0.5) is 8.78 Å². The third-order valence-electron chi connectivity index (χ3n) is 2.68. The lowest BCUT2D eigenvalue weighted by Gasteiger charge is -2.20. The number of ether oxygens (including phenoxy) is 1. The third kappa shape index (κ3) is 4.43. The van der Waals surface area contributed by atoms with E-state index < -0.39 is 12.5 Å². The van der Waals surface area contributed by atoms with Gasteiger partial charge in [0.2, 0.25) is 5.88 Å². The van der Waals surface area contributed by atoms with Crippen LogP contribution in [0.5, 0.6) is 5.88 Å². The van der Waals surface area contributed by atoms with E-state index in [-0.39, 0.29) is 35.6 Å². The van der Waals surface area contributed by atoms with Crippen LogP contribution in [0.3, 0.4) is 0 Å². The molecule has 20 heavy (non-hydrogen) atoms. The van der Waals surface area contributed by atoms with Crippen LogP contribution < -0.4 is 15.4 Å². The Labute approximate surface area is 133 Å². The first-order valence-electron chi connectivity index (χ1n) is 6.03. The fourth-order valence-corrected chi connectivity index (χ4v) is 1.67. The molecule has 1 aromatic rings. The minimum absolute atomic E-state index is 0. The van der Waals surface area contributed by atoms with Crippen molar-refractivity contribution in [2.45, 2.75) is 12.3 Å². The van der Waals surface area contributed by atoms with Crippen LogP contribution in [0.2, 0.25) is 0 Å². The summed E-state index contributed by atoms with van der Waals surface area (Å²) >= 11 is 0. The second-order valence-electron chi connectivity index (χ2n) is 4.13. The zero-order valence-corrected chi connectivity index (χ0v) is 13.4. The fourth-order valence-electron chi connectivity index (χ4n) is 1.67. The van der Waals surface area contributed by atoms with Gasteiger partial charge in [-0.05, 0) is 12.5 Å². The van der Waals surface area contributed by atoms with Crippen molar-refractivity contribution in [1.29, 1.82) is 0 Å². The number of nitrogens with zero attached hydrogens (tertiary/aromatic N) is 2. The zero-order valence-electron chi connectivity index (χ0n) is 11.0. The minimum Gasteiger partial charge on any atom is -0.481 e. The molecule has 0 unspecified atom stereocenters. The molecule has 1 aromatic heterocycles. The zero-order chi connectivity index (χ0) is 13.7. The van der Waals surface area contributed by atoms with E-state index in [9.17, 15) is 8.78 Å². The summed E-state index contributed by atoms with van der Waals surface area (Å²) in [6.45, 7) is 0.839. The van der Waals surface area contributed by atoms with Gasteiger partial charge in [0.05, 0.1) is 13.7 Å². The Balaban J connectivity index is 0.00000200. The largest absolute Gasteiger partial charge is 0.481 e. The number of hydrogen-bond acceptors (Lipinski definition) is 5. The lowest BCUT2D eigenvalue weighted by atomic mass is 10.2. The van der Waals surface area contributed by atoms with Crippen LogP contribution in [0.25, 0.3) is 0 Å². The fraction of sp³-hybridized carbons (Fsp3) is 0.500. The molecular formula is C12H17F2IN4O. The van der Waals surface area contributed by atoms with E-state index in [1.807, 2.05) is 0 Å². The molecule has 0 fully saturated rings. The van der Waals surface area contributed by atoms with E-state index in [1.165, 1.54) is 25.3 Å². The van der Waals surface area contributed by atoms with Gasteiger partial charge < -0.3 is 15.4 Å². The van der Waals surface area contributed by atoms with Crippen LogP contribution in [-0.2, 0) is 5.92 Å². The maximum absolute atomic E-state index is 14.0. The molecule has 1 aliphatic heterocycles. The summed E-state index contributed by atoms with van der Waals surface area (Å²) in [6.07, 6.45) is 0.916. The topological polar surface area (TPSA) is 58.5 Å². The molecule has 8 heteroatoms. The van der Waals surface area contributed by atoms with Gasteiger partial charge in [0.1, 0.15) is 5.69 Å². The number of halogens is 3. The first kappa shape index (κ1) is 16.9. The first-order chi connectivity index (χ1) is 9.12. The Morgan fingerprint density at radius 3 is 2.90 bits per heavy atom.